The first-order chi connectivity index (χ1) is 7.00. The summed E-state index contributed by atoms with van der Waals surface area (Å²) in [7, 11) is 0. The van der Waals surface area contributed by atoms with Crippen LogP contribution in [0.4, 0.5) is 0 Å². The average Bonchev–Trinajstić information content (AvgIpc) is 2.15. The number of carbonyl (C=O) groups is 1. The van der Waals surface area contributed by atoms with E-state index in [4.69, 9.17) is 5.11 Å². The summed E-state index contributed by atoms with van der Waals surface area (Å²) >= 11 is 0. The van der Waals surface area contributed by atoms with Gasteiger partial charge in [0, 0.05) is 0 Å². The lowest BCUT2D eigenvalue weighted by molar-refractivity contribution is -0.137. The van der Waals surface area contributed by atoms with Crippen LogP contribution in [0, 0.1) is 20.8 Å². The minimum Gasteiger partial charge on any atom is -0.481 e. The Labute approximate surface area is 89.9 Å². The fourth-order valence-electron chi connectivity index (χ4n) is 2.42. The molecule has 0 amide bonds. The number of hydrogen-bond acceptors (Lipinski definition) is 1. The lowest BCUT2D eigenvalue weighted by Crippen LogP contribution is -2.22. The first-order valence-electron chi connectivity index (χ1n) is 5.32. The Balaban J connectivity index is 2.36. The van der Waals surface area contributed by atoms with Crippen LogP contribution in [0.5, 0.6) is 0 Å². The summed E-state index contributed by atoms with van der Waals surface area (Å²) in [5.74, 6) is -0.447. The van der Waals surface area contributed by atoms with E-state index < -0.39 is 5.97 Å². The number of fused-ring (bicyclic) bond motifs is 1. The van der Waals surface area contributed by atoms with Gasteiger partial charge in [0.15, 0.2) is 0 Å². The monoisotopic (exact) mass is 204 g/mol. The molecule has 2 rings (SSSR count). The van der Waals surface area contributed by atoms with Crippen LogP contribution in [0.2, 0.25) is 0 Å². The quantitative estimate of drug-likeness (QED) is 0.804. The third-order valence-corrected chi connectivity index (χ3v) is 3.64. The average molecular weight is 204 g/mol. The molecule has 2 heteroatoms. The van der Waals surface area contributed by atoms with Crippen LogP contribution in [0.25, 0.3) is 0 Å². The summed E-state index contributed by atoms with van der Waals surface area (Å²) in [5.41, 5.74) is 6.62. The Morgan fingerprint density at radius 1 is 1.40 bits per heavy atom. The fraction of sp³-hybridized carbons (Fsp3) is 0.462. The number of aryl methyl sites for hydroxylation is 1. The summed E-state index contributed by atoms with van der Waals surface area (Å²) in [5, 5.41) is 8.77. The predicted molar refractivity (Wildman–Crippen MR) is 59.4 cm³/mol. The molecule has 15 heavy (non-hydrogen) atoms. The largest absolute Gasteiger partial charge is 0.481 e. The van der Waals surface area contributed by atoms with Crippen molar-refractivity contribution in [1.29, 1.82) is 0 Å². The maximum atomic E-state index is 10.6. The van der Waals surface area contributed by atoms with Gasteiger partial charge in [0.1, 0.15) is 0 Å². The molecule has 2 nitrogen and oxygen atoms in total. The predicted octanol–water partition coefficient (Wildman–Crippen LogP) is 2.73. The van der Waals surface area contributed by atoms with Crippen molar-refractivity contribution in [2.45, 2.75) is 39.5 Å². The van der Waals surface area contributed by atoms with E-state index in [-0.39, 0.29) is 12.3 Å². The highest BCUT2D eigenvalue weighted by Gasteiger charge is 2.30. The van der Waals surface area contributed by atoms with Gasteiger partial charge < -0.3 is 5.11 Å². The normalized spacial score (nSPS) is 18.2. The second-order valence-corrected chi connectivity index (χ2v) is 4.51. The van der Waals surface area contributed by atoms with Crippen LogP contribution < -0.4 is 0 Å². The fourth-order valence-corrected chi connectivity index (χ4v) is 2.42. The van der Waals surface area contributed by atoms with Gasteiger partial charge in [0.25, 0.3) is 0 Å². The van der Waals surface area contributed by atoms with Gasteiger partial charge in [0.2, 0.25) is 0 Å². The zero-order chi connectivity index (χ0) is 11.2. The Morgan fingerprint density at radius 2 is 2.07 bits per heavy atom. The minimum absolute atomic E-state index is 0.246. The Bertz CT molecular complexity index is 433. The third kappa shape index (κ3) is 1.54. The van der Waals surface area contributed by atoms with Crippen molar-refractivity contribution in [2.75, 3.05) is 0 Å². The molecule has 1 unspecified atom stereocenters. The van der Waals surface area contributed by atoms with Crippen molar-refractivity contribution in [1.82, 2.24) is 0 Å². The van der Waals surface area contributed by atoms with Gasteiger partial charge in [-0.3, -0.25) is 4.79 Å². The highest BCUT2D eigenvalue weighted by Crippen LogP contribution is 2.41. The standard InChI is InChI=1S/C13H16O2/c1-7-4-12-10(6-13(14)15)5-11(12)9(3)8(7)2/h4,10H,5-6H2,1-3H3,(H,14,15). The molecule has 80 valence electrons. The van der Waals surface area contributed by atoms with Crippen LogP contribution in [0.1, 0.15) is 40.2 Å². The van der Waals surface area contributed by atoms with E-state index in [0.29, 0.717) is 0 Å². The number of rotatable bonds is 2. The summed E-state index contributed by atoms with van der Waals surface area (Å²) in [6, 6.07) is 2.16. The van der Waals surface area contributed by atoms with Crippen molar-refractivity contribution in [3.8, 4) is 0 Å². The van der Waals surface area contributed by atoms with E-state index in [1.54, 1.807) is 0 Å². The molecule has 0 aliphatic heterocycles. The molecule has 0 bridgehead atoms. The van der Waals surface area contributed by atoms with E-state index in [1.165, 1.54) is 27.8 Å². The molecule has 0 radical (unpaired) electrons. The highest BCUT2D eigenvalue weighted by molar-refractivity contribution is 5.69. The Kier molecular flexibility index (Phi) is 2.29. The van der Waals surface area contributed by atoms with Gasteiger partial charge in [-0.15, -0.1) is 0 Å². The molecule has 0 fully saturated rings. The van der Waals surface area contributed by atoms with Gasteiger partial charge in [0.05, 0.1) is 6.42 Å². The van der Waals surface area contributed by atoms with Crippen LogP contribution in [-0.2, 0) is 11.2 Å². The van der Waals surface area contributed by atoms with Crippen molar-refractivity contribution in [2.24, 2.45) is 0 Å². The molecule has 1 aromatic rings. The van der Waals surface area contributed by atoms with Gasteiger partial charge >= 0.3 is 5.97 Å². The van der Waals surface area contributed by atoms with Gasteiger partial charge in [-0.2, -0.15) is 0 Å². The van der Waals surface area contributed by atoms with Crippen LogP contribution in [-0.4, -0.2) is 11.1 Å². The van der Waals surface area contributed by atoms with E-state index in [2.05, 4.69) is 26.8 Å². The zero-order valence-corrected chi connectivity index (χ0v) is 9.42. The summed E-state index contributed by atoms with van der Waals surface area (Å²) < 4.78 is 0. The van der Waals surface area contributed by atoms with Crippen LogP contribution in [0.15, 0.2) is 6.07 Å². The van der Waals surface area contributed by atoms with Gasteiger partial charge in [-0.25, -0.2) is 0 Å². The van der Waals surface area contributed by atoms with E-state index in [1.807, 2.05) is 0 Å². The Morgan fingerprint density at radius 3 is 2.67 bits per heavy atom. The SMILES string of the molecule is Cc1cc2c(c(C)c1C)CC2CC(=O)O. The second-order valence-electron chi connectivity index (χ2n) is 4.51. The molecule has 0 heterocycles. The molecule has 0 saturated heterocycles. The number of hydrogen-bond donors (Lipinski definition) is 1. The lowest BCUT2D eigenvalue weighted by atomic mass is 9.72. The van der Waals surface area contributed by atoms with Crippen molar-refractivity contribution in [3.05, 3.63) is 33.9 Å². The number of aliphatic carboxylic acids is 1. The zero-order valence-electron chi connectivity index (χ0n) is 9.42. The molecule has 0 spiro atoms. The molecule has 0 saturated carbocycles. The Hall–Kier alpha value is -1.31. The topological polar surface area (TPSA) is 37.3 Å². The number of carboxylic acids is 1. The molecule has 1 N–H and O–H groups in total. The lowest BCUT2D eigenvalue weighted by Gasteiger charge is -2.32. The van der Waals surface area contributed by atoms with Crippen molar-refractivity contribution < 1.29 is 9.90 Å². The summed E-state index contributed by atoms with van der Waals surface area (Å²) in [4.78, 5) is 10.6. The molecule has 1 aliphatic carbocycles. The van der Waals surface area contributed by atoms with E-state index >= 15 is 0 Å². The molecular weight excluding hydrogens is 188 g/mol. The van der Waals surface area contributed by atoms with Crippen LogP contribution in [0.3, 0.4) is 0 Å². The molecule has 1 aliphatic rings. The third-order valence-electron chi connectivity index (χ3n) is 3.64. The molecule has 1 atom stereocenters. The molecular formula is C13H16O2. The summed E-state index contributed by atoms with van der Waals surface area (Å²) in [6.07, 6.45) is 1.21. The number of benzene rings is 1. The maximum absolute atomic E-state index is 10.6. The smallest absolute Gasteiger partial charge is 0.303 e. The number of carboxylic acid groups (broad SMARTS) is 1. The first kappa shape index (κ1) is 10.2. The summed E-state index contributed by atoms with van der Waals surface area (Å²) in [6.45, 7) is 6.37. The minimum atomic E-state index is -0.693. The van der Waals surface area contributed by atoms with Crippen molar-refractivity contribution >= 4 is 5.97 Å². The first-order valence-corrected chi connectivity index (χ1v) is 5.32. The molecule has 1 aromatic carbocycles. The van der Waals surface area contributed by atoms with Gasteiger partial charge in [-0.1, -0.05) is 6.07 Å². The second kappa shape index (κ2) is 3.37. The van der Waals surface area contributed by atoms with E-state index in [0.717, 1.165) is 6.42 Å². The van der Waals surface area contributed by atoms with Crippen LogP contribution >= 0.6 is 0 Å². The molecule has 0 aromatic heterocycles. The maximum Gasteiger partial charge on any atom is 0.303 e. The van der Waals surface area contributed by atoms with Crippen molar-refractivity contribution in [3.63, 3.8) is 0 Å². The highest BCUT2D eigenvalue weighted by atomic mass is 16.4. The van der Waals surface area contributed by atoms with E-state index in [9.17, 15) is 4.79 Å². The van der Waals surface area contributed by atoms with Gasteiger partial charge in [-0.05, 0) is 60.9 Å².